The monoisotopic (exact) mass is 251 g/mol. The van der Waals surface area contributed by atoms with E-state index in [1.807, 2.05) is 30.3 Å². The van der Waals surface area contributed by atoms with Crippen LogP contribution in [0.3, 0.4) is 0 Å². The van der Waals surface area contributed by atoms with Gasteiger partial charge in [-0.15, -0.1) is 0 Å². The average molecular weight is 251 g/mol. The third-order valence-corrected chi connectivity index (χ3v) is 2.37. The van der Waals surface area contributed by atoms with Gasteiger partial charge in [-0.3, -0.25) is 9.69 Å². The summed E-state index contributed by atoms with van der Waals surface area (Å²) in [6.45, 7) is 3.27. The fourth-order valence-electron chi connectivity index (χ4n) is 1.41. The molecule has 0 aliphatic rings. The fraction of sp³-hybridized carbons (Fsp3) is 0.385. The second-order valence-corrected chi connectivity index (χ2v) is 4.16. The Kier molecular flexibility index (Phi) is 5.17. The third-order valence-electron chi connectivity index (χ3n) is 2.37. The van der Waals surface area contributed by atoms with Crippen LogP contribution in [0, 0.1) is 0 Å². The van der Waals surface area contributed by atoms with E-state index in [9.17, 15) is 9.59 Å². The van der Waals surface area contributed by atoms with Gasteiger partial charge in [-0.2, -0.15) is 0 Å². The Balaban J connectivity index is 2.54. The Hall–Kier alpha value is -2.04. The molecule has 0 unspecified atom stereocenters. The molecule has 1 rings (SSSR count). The topological polar surface area (TPSA) is 66.8 Å². The summed E-state index contributed by atoms with van der Waals surface area (Å²) >= 11 is 0. The van der Waals surface area contributed by atoms with E-state index in [-0.39, 0.29) is 19.2 Å². The molecule has 5 heteroatoms. The first-order valence-corrected chi connectivity index (χ1v) is 5.70. The second kappa shape index (κ2) is 6.64. The molecular formula is C13H17NO4. The van der Waals surface area contributed by atoms with E-state index >= 15 is 0 Å². The van der Waals surface area contributed by atoms with Crippen molar-refractivity contribution in [2.75, 3.05) is 6.54 Å². The van der Waals surface area contributed by atoms with Crippen LogP contribution in [0.1, 0.15) is 19.4 Å². The molecule has 0 radical (unpaired) electrons. The van der Waals surface area contributed by atoms with Crippen molar-refractivity contribution in [1.82, 2.24) is 4.90 Å². The van der Waals surface area contributed by atoms with Crippen molar-refractivity contribution in [1.29, 1.82) is 0 Å². The van der Waals surface area contributed by atoms with E-state index in [4.69, 9.17) is 9.84 Å². The zero-order valence-electron chi connectivity index (χ0n) is 10.5. The first-order chi connectivity index (χ1) is 8.50. The predicted octanol–water partition coefficient (Wildman–Crippen LogP) is 2.12. The van der Waals surface area contributed by atoms with Gasteiger partial charge >= 0.3 is 12.1 Å². The quantitative estimate of drug-likeness (QED) is 0.870. The molecule has 0 heterocycles. The number of carboxylic acid groups (broad SMARTS) is 1. The van der Waals surface area contributed by atoms with Crippen LogP contribution in [-0.4, -0.2) is 34.7 Å². The summed E-state index contributed by atoms with van der Waals surface area (Å²) in [6.07, 6.45) is -0.615. The highest BCUT2D eigenvalue weighted by atomic mass is 16.6. The number of carbonyl (C=O) groups is 2. The average Bonchev–Trinajstić information content (AvgIpc) is 2.34. The third kappa shape index (κ3) is 4.45. The maximum absolute atomic E-state index is 11.7. The van der Waals surface area contributed by atoms with Crippen molar-refractivity contribution < 1.29 is 19.4 Å². The molecule has 0 atom stereocenters. The summed E-state index contributed by atoms with van der Waals surface area (Å²) in [5.74, 6) is -1.06. The number of hydrogen-bond donors (Lipinski definition) is 1. The Labute approximate surface area is 106 Å². The van der Waals surface area contributed by atoms with E-state index in [0.717, 1.165) is 5.56 Å². The van der Waals surface area contributed by atoms with E-state index in [1.165, 1.54) is 4.90 Å². The lowest BCUT2D eigenvalue weighted by Gasteiger charge is -2.23. The molecule has 0 spiro atoms. The van der Waals surface area contributed by atoms with Gasteiger partial charge in [-0.05, 0) is 19.4 Å². The van der Waals surface area contributed by atoms with Crippen LogP contribution in [0.4, 0.5) is 4.79 Å². The molecule has 5 nitrogen and oxygen atoms in total. The minimum absolute atomic E-state index is 0.141. The number of ether oxygens (including phenoxy) is 1. The SMILES string of the molecule is CC(C)N(CC(=O)O)C(=O)OCc1ccccc1. The zero-order chi connectivity index (χ0) is 13.5. The number of nitrogens with zero attached hydrogens (tertiary/aromatic N) is 1. The van der Waals surface area contributed by atoms with Crippen LogP contribution in [0.5, 0.6) is 0 Å². The molecule has 0 fully saturated rings. The van der Waals surface area contributed by atoms with E-state index in [0.29, 0.717) is 0 Å². The Morgan fingerprint density at radius 2 is 1.89 bits per heavy atom. The minimum Gasteiger partial charge on any atom is -0.480 e. The number of carbonyl (C=O) groups excluding carboxylic acids is 1. The molecule has 98 valence electrons. The number of carboxylic acids is 1. The largest absolute Gasteiger partial charge is 0.480 e. The summed E-state index contributed by atoms with van der Waals surface area (Å²) in [4.78, 5) is 23.5. The number of hydrogen-bond acceptors (Lipinski definition) is 3. The molecule has 18 heavy (non-hydrogen) atoms. The maximum Gasteiger partial charge on any atom is 0.410 e. The Morgan fingerprint density at radius 1 is 1.28 bits per heavy atom. The van der Waals surface area contributed by atoms with Crippen molar-refractivity contribution in [3.8, 4) is 0 Å². The van der Waals surface area contributed by atoms with Gasteiger partial charge in [0, 0.05) is 6.04 Å². The highest BCUT2D eigenvalue weighted by Crippen LogP contribution is 2.06. The summed E-state index contributed by atoms with van der Waals surface area (Å²) in [6, 6.07) is 9.02. The predicted molar refractivity (Wildman–Crippen MR) is 66.1 cm³/mol. The van der Waals surface area contributed by atoms with E-state index in [1.54, 1.807) is 13.8 Å². The van der Waals surface area contributed by atoms with Crippen molar-refractivity contribution in [3.05, 3.63) is 35.9 Å². The summed E-state index contributed by atoms with van der Waals surface area (Å²) in [5.41, 5.74) is 0.866. The first-order valence-electron chi connectivity index (χ1n) is 5.70. The van der Waals surface area contributed by atoms with Gasteiger partial charge in [0.05, 0.1) is 0 Å². The molecule has 0 aromatic heterocycles. The van der Waals surface area contributed by atoms with Gasteiger partial charge in [0.25, 0.3) is 0 Å². The number of benzene rings is 1. The minimum atomic E-state index is -1.06. The van der Waals surface area contributed by atoms with Crippen LogP contribution in [0.2, 0.25) is 0 Å². The number of amides is 1. The van der Waals surface area contributed by atoms with Crippen LogP contribution in [0.15, 0.2) is 30.3 Å². The summed E-state index contributed by atoms with van der Waals surface area (Å²) < 4.78 is 5.08. The van der Waals surface area contributed by atoms with Crippen LogP contribution in [-0.2, 0) is 16.1 Å². The van der Waals surface area contributed by atoms with Crippen molar-refractivity contribution in [2.45, 2.75) is 26.5 Å². The Morgan fingerprint density at radius 3 is 2.39 bits per heavy atom. The van der Waals surface area contributed by atoms with Crippen LogP contribution >= 0.6 is 0 Å². The number of aliphatic carboxylic acids is 1. The number of rotatable bonds is 5. The summed E-state index contributed by atoms with van der Waals surface area (Å²) in [7, 11) is 0. The molecule has 1 aromatic carbocycles. The van der Waals surface area contributed by atoms with Crippen LogP contribution < -0.4 is 0 Å². The first kappa shape index (κ1) is 14.0. The van der Waals surface area contributed by atoms with Gasteiger partial charge in [0.2, 0.25) is 0 Å². The molecule has 1 amide bonds. The molecular weight excluding hydrogens is 234 g/mol. The molecule has 1 N–H and O–H groups in total. The molecule has 0 saturated carbocycles. The van der Waals surface area contributed by atoms with E-state index < -0.39 is 12.1 Å². The van der Waals surface area contributed by atoms with Crippen molar-refractivity contribution in [2.24, 2.45) is 0 Å². The molecule has 0 saturated heterocycles. The fourth-order valence-corrected chi connectivity index (χ4v) is 1.41. The van der Waals surface area contributed by atoms with Crippen LogP contribution in [0.25, 0.3) is 0 Å². The lowest BCUT2D eigenvalue weighted by atomic mass is 10.2. The highest BCUT2D eigenvalue weighted by molar-refractivity contribution is 5.76. The standard InChI is InChI=1S/C13H17NO4/c1-10(2)14(8-12(15)16)13(17)18-9-11-6-4-3-5-7-11/h3-7,10H,8-9H2,1-2H3,(H,15,16). The lowest BCUT2D eigenvalue weighted by molar-refractivity contribution is -0.138. The van der Waals surface area contributed by atoms with Gasteiger partial charge < -0.3 is 9.84 Å². The van der Waals surface area contributed by atoms with Crippen molar-refractivity contribution in [3.63, 3.8) is 0 Å². The van der Waals surface area contributed by atoms with Gasteiger partial charge in [0.1, 0.15) is 13.2 Å². The normalized spacial score (nSPS) is 10.2. The second-order valence-electron chi connectivity index (χ2n) is 4.16. The smallest absolute Gasteiger partial charge is 0.410 e. The van der Waals surface area contributed by atoms with Crippen molar-refractivity contribution >= 4 is 12.1 Å². The van der Waals surface area contributed by atoms with Gasteiger partial charge in [-0.1, -0.05) is 30.3 Å². The van der Waals surface area contributed by atoms with Gasteiger partial charge in [0.15, 0.2) is 0 Å². The Bertz CT molecular complexity index is 403. The van der Waals surface area contributed by atoms with Gasteiger partial charge in [-0.25, -0.2) is 4.79 Å². The zero-order valence-corrected chi connectivity index (χ0v) is 10.5. The lowest BCUT2D eigenvalue weighted by Crippen LogP contribution is -2.40. The summed E-state index contributed by atoms with van der Waals surface area (Å²) in [5, 5.41) is 8.72. The molecule has 1 aromatic rings. The van der Waals surface area contributed by atoms with E-state index in [2.05, 4.69) is 0 Å². The molecule has 0 bridgehead atoms. The maximum atomic E-state index is 11.7. The highest BCUT2D eigenvalue weighted by Gasteiger charge is 2.21. The molecule has 0 aliphatic heterocycles. The molecule has 0 aliphatic carbocycles.